The minimum atomic E-state index is 0.0235. The maximum absolute atomic E-state index is 14.1. The van der Waals surface area contributed by atoms with Crippen LogP contribution < -0.4 is 15.1 Å². The zero-order valence-electron chi connectivity index (χ0n) is 22.4. The Morgan fingerprint density at radius 1 is 1.03 bits per heavy atom. The van der Waals surface area contributed by atoms with E-state index in [2.05, 4.69) is 53.3 Å². The maximum atomic E-state index is 14.1. The number of anilines is 4. The van der Waals surface area contributed by atoms with Crippen LogP contribution in [0.4, 0.5) is 22.9 Å². The molecule has 7 nitrogen and oxygen atoms in total. The van der Waals surface area contributed by atoms with Gasteiger partial charge in [-0.2, -0.15) is 0 Å². The van der Waals surface area contributed by atoms with Gasteiger partial charge in [0.2, 0.25) is 5.91 Å². The number of aromatic nitrogens is 1. The van der Waals surface area contributed by atoms with E-state index in [9.17, 15) is 4.79 Å². The Hall–Kier alpha value is -2.64. The highest BCUT2D eigenvalue weighted by Gasteiger charge is 2.41. The van der Waals surface area contributed by atoms with Gasteiger partial charge >= 0.3 is 0 Å². The van der Waals surface area contributed by atoms with Gasteiger partial charge in [-0.3, -0.25) is 4.79 Å². The maximum Gasteiger partial charge on any atom is 0.230 e. The minimum Gasteiger partial charge on any atom is -0.381 e. The van der Waals surface area contributed by atoms with Gasteiger partial charge in [0, 0.05) is 42.6 Å². The topological polar surface area (TPSA) is 66.9 Å². The van der Waals surface area contributed by atoms with Crippen molar-refractivity contribution in [3.63, 3.8) is 0 Å². The van der Waals surface area contributed by atoms with Gasteiger partial charge in [-0.05, 0) is 89.5 Å². The second-order valence-electron chi connectivity index (χ2n) is 11.5. The second kappa shape index (κ2) is 10.3. The molecule has 4 heterocycles. The van der Waals surface area contributed by atoms with E-state index in [0.29, 0.717) is 24.7 Å². The summed E-state index contributed by atoms with van der Waals surface area (Å²) in [6, 6.07) is 11.6. The van der Waals surface area contributed by atoms with E-state index in [-0.39, 0.29) is 24.0 Å². The number of hydrogen-bond acceptors (Lipinski definition) is 6. The number of methoxy groups -OCH3 is 1. The van der Waals surface area contributed by atoms with Crippen LogP contribution in [0.1, 0.15) is 70.8 Å². The molecule has 1 amide bonds. The molecule has 1 N–H and O–H groups in total. The summed E-state index contributed by atoms with van der Waals surface area (Å²) < 4.78 is 11.8. The second-order valence-corrected chi connectivity index (χ2v) is 11.5. The summed E-state index contributed by atoms with van der Waals surface area (Å²) in [6.45, 7) is 4.71. The number of benzene rings is 1. The number of amides is 1. The predicted molar refractivity (Wildman–Crippen MR) is 146 cm³/mol. The standard InChI is InChI=1S/C30H40N4O3/c1-19(2)37-25-11-6-20(7-12-25)30(35)33-18-21-5-4-14-31-29(21)32-27-13-10-24(17-28(27)33)34-22-8-9-23(34)16-26(15-22)36-3/h4-5,10,13-14,17,19-20,22-23,25-26H,6-9,11-12,15-16,18H2,1-3H3,(H,31,32)/t20-,22-,23+,25-,26+. The van der Waals surface area contributed by atoms with Gasteiger partial charge in [0.25, 0.3) is 0 Å². The molecule has 1 saturated carbocycles. The lowest BCUT2D eigenvalue weighted by molar-refractivity contribution is -0.124. The SMILES string of the molecule is CO[C@H]1C[C@H]2CC[C@@H](C1)N2c1ccc2c(c1)N(C(=O)[C@H]1CC[C@H](OC(C)C)CC1)Cc1cccnc1N2. The average molecular weight is 505 g/mol. The van der Waals surface area contributed by atoms with Crippen molar-refractivity contribution in [2.75, 3.05) is 22.2 Å². The van der Waals surface area contributed by atoms with Gasteiger partial charge in [-0.15, -0.1) is 0 Å². The molecular formula is C30H40N4O3. The molecule has 0 radical (unpaired) electrons. The monoisotopic (exact) mass is 504 g/mol. The van der Waals surface area contributed by atoms with Crippen LogP contribution in [0.15, 0.2) is 36.5 Å². The van der Waals surface area contributed by atoms with Gasteiger partial charge in [-0.1, -0.05) is 6.07 Å². The van der Waals surface area contributed by atoms with Crippen LogP contribution in [0.2, 0.25) is 0 Å². The molecule has 2 bridgehead atoms. The number of nitrogens with zero attached hydrogens (tertiary/aromatic N) is 3. The fourth-order valence-corrected chi connectivity index (χ4v) is 7.06. The Morgan fingerprint density at radius 3 is 2.49 bits per heavy atom. The molecule has 6 rings (SSSR count). The summed E-state index contributed by atoms with van der Waals surface area (Å²) in [6.07, 6.45) is 10.9. The highest BCUT2D eigenvalue weighted by atomic mass is 16.5. The Bertz CT molecular complexity index is 1120. The Kier molecular flexibility index (Phi) is 6.84. The number of carbonyl (C=O) groups excluding carboxylic acids is 1. The number of pyridine rings is 1. The average Bonchev–Trinajstić information content (AvgIpc) is 3.07. The molecule has 1 aromatic heterocycles. The molecule has 1 aliphatic carbocycles. The van der Waals surface area contributed by atoms with E-state index in [0.717, 1.165) is 61.3 Å². The lowest BCUT2D eigenvalue weighted by Crippen LogP contribution is -2.45. The van der Waals surface area contributed by atoms with Crippen molar-refractivity contribution >= 4 is 28.8 Å². The molecule has 3 aliphatic heterocycles. The van der Waals surface area contributed by atoms with Gasteiger partial charge in [0.05, 0.1) is 36.2 Å². The van der Waals surface area contributed by atoms with E-state index in [4.69, 9.17) is 9.47 Å². The first-order valence-corrected chi connectivity index (χ1v) is 14.1. The molecular weight excluding hydrogens is 464 g/mol. The van der Waals surface area contributed by atoms with E-state index in [1.165, 1.54) is 18.5 Å². The van der Waals surface area contributed by atoms with E-state index >= 15 is 0 Å². The first kappa shape index (κ1) is 24.7. The van der Waals surface area contributed by atoms with E-state index in [1.807, 2.05) is 24.3 Å². The molecule has 3 atom stereocenters. The molecule has 2 saturated heterocycles. The minimum absolute atomic E-state index is 0.0235. The van der Waals surface area contributed by atoms with E-state index < -0.39 is 0 Å². The van der Waals surface area contributed by atoms with E-state index in [1.54, 1.807) is 0 Å². The van der Waals surface area contributed by atoms with Crippen LogP contribution in [0.5, 0.6) is 0 Å². The largest absolute Gasteiger partial charge is 0.381 e. The highest BCUT2D eigenvalue weighted by molar-refractivity contribution is 6.00. The van der Waals surface area contributed by atoms with Crippen molar-refractivity contribution in [3.05, 3.63) is 42.1 Å². The van der Waals surface area contributed by atoms with Gasteiger partial charge in [-0.25, -0.2) is 4.98 Å². The van der Waals surface area contributed by atoms with Crippen LogP contribution in [0, 0.1) is 5.92 Å². The van der Waals surface area contributed by atoms with Crippen molar-refractivity contribution in [2.24, 2.45) is 5.92 Å². The van der Waals surface area contributed by atoms with Crippen LogP contribution in [0.3, 0.4) is 0 Å². The molecule has 198 valence electrons. The quantitative estimate of drug-likeness (QED) is 0.555. The lowest BCUT2D eigenvalue weighted by Gasteiger charge is -2.40. The van der Waals surface area contributed by atoms with Crippen LogP contribution >= 0.6 is 0 Å². The van der Waals surface area contributed by atoms with Crippen LogP contribution in [0.25, 0.3) is 0 Å². The third kappa shape index (κ3) is 4.84. The summed E-state index contributed by atoms with van der Waals surface area (Å²) in [5.74, 6) is 1.08. The zero-order valence-corrected chi connectivity index (χ0v) is 22.4. The number of ether oxygens (including phenoxy) is 2. The summed E-state index contributed by atoms with van der Waals surface area (Å²) in [5, 5.41) is 3.54. The highest BCUT2D eigenvalue weighted by Crippen LogP contribution is 2.44. The first-order valence-electron chi connectivity index (χ1n) is 14.1. The molecule has 37 heavy (non-hydrogen) atoms. The lowest BCUT2D eigenvalue weighted by atomic mass is 9.86. The molecule has 0 spiro atoms. The Balaban J connectivity index is 1.30. The third-order valence-corrected chi connectivity index (χ3v) is 8.82. The number of piperidine rings is 1. The Morgan fingerprint density at radius 2 is 1.78 bits per heavy atom. The summed E-state index contributed by atoms with van der Waals surface area (Å²) >= 11 is 0. The van der Waals surface area contributed by atoms with Crippen LogP contribution in [-0.4, -0.2) is 48.4 Å². The molecule has 2 aromatic rings. The number of hydrogen-bond donors (Lipinski definition) is 1. The fraction of sp³-hybridized carbons (Fsp3) is 0.600. The van der Waals surface area contributed by atoms with Gasteiger partial charge < -0.3 is 24.6 Å². The summed E-state index contributed by atoms with van der Waals surface area (Å²) in [5.41, 5.74) is 4.18. The van der Waals surface area contributed by atoms with Crippen LogP contribution in [-0.2, 0) is 20.8 Å². The number of rotatable bonds is 5. The van der Waals surface area contributed by atoms with Crippen molar-refractivity contribution < 1.29 is 14.3 Å². The third-order valence-electron chi connectivity index (χ3n) is 8.82. The fourth-order valence-electron chi connectivity index (χ4n) is 7.06. The predicted octanol–water partition coefficient (Wildman–Crippen LogP) is 5.80. The molecule has 3 fully saturated rings. The smallest absolute Gasteiger partial charge is 0.230 e. The van der Waals surface area contributed by atoms with Crippen molar-refractivity contribution in [2.45, 2.75) is 102 Å². The van der Waals surface area contributed by atoms with Crippen molar-refractivity contribution in [1.29, 1.82) is 0 Å². The number of fused-ring (bicyclic) bond motifs is 4. The molecule has 7 heteroatoms. The zero-order chi connectivity index (χ0) is 25.5. The molecule has 1 aromatic carbocycles. The summed E-state index contributed by atoms with van der Waals surface area (Å²) in [7, 11) is 1.84. The molecule has 4 aliphatic rings. The number of carbonyl (C=O) groups is 1. The van der Waals surface area contributed by atoms with Gasteiger partial charge in [0.1, 0.15) is 5.82 Å². The normalized spacial score (nSPS) is 28.9. The van der Waals surface area contributed by atoms with Gasteiger partial charge in [0.15, 0.2) is 0 Å². The van der Waals surface area contributed by atoms with Crippen molar-refractivity contribution in [3.8, 4) is 0 Å². The molecule has 0 unspecified atom stereocenters. The summed E-state index contributed by atoms with van der Waals surface area (Å²) in [4.78, 5) is 23.3. The van der Waals surface area contributed by atoms with Crippen molar-refractivity contribution in [1.82, 2.24) is 4.98 Å². The number of nitrogens with one attached hydrogen (secondary N) is 1. The first-order chi connectivity index (χ1) is 18.0. The Labute approximate surface area is 220 Å².